The van der Waals surface area contributed by atoms with Crippen molar-refractivity contribution in [3.05, 3.63) is 0 Å². The SMILES string of the molecule is CC(C)NC1CCCN(CCOC(C)C)C1. The molecule has 0 aromatic rings. The Labute approximate surface area is 101 Å². The number of rotatable bonds is 6. The first-order valence-corrected chi connectivity index (χ1v) is 6.68. The third-order valence-electron chi connectivity index (χ3n) is 2.93. The van der Waals surface area contributed by atoms with Crippen LogP contribution in [0, 0.1) is 0 Å². The molecule has 3 heteroatoms. The number of likely N-dealkylation sites (tertiary alicyclic amines) is 1. The van der Waals surface area contributed by atoms with Gasteiger partial charge in [-0.2, -0.15) is 0 Å². The Morgan fingerprint density at radius 2 is 2.06 bits per heavy atom. The average molecular weight is 228 g/mol. The summed E-state index contributed by atoms with van der Waals surface area (Å²) in [6.07, 6.45) is 2.99. The monoisotopic (exact) mass is 228 g/mol. The van der Waals surface area contributed by atoms with E-state index in [1.165, 1.54) is 25.9 Å². The van der Waals surface area contributed by atoms with Gasteiger partial charge in [0.05, 0.1) is 12.7 Å². The van der Waals surface area contributed by atoms with Gasteiger partial charge in [0.25, 0.3) is 0 Å². The summed E-state index contributed by atoms with van der Waals surface area (Å²) in [5.74, 6) is 0. The van der Waals surface area contributed by atoms with Crippen LogP contribution in [-0.2, 0) is 4.74 Å². The lowest BCUT2D eigenvalue weighted by Crippen LogP contribution is -2.48. The second-order valence-electron chi connectivity index (χ2n) is 5.38. The number of ether oxygens (including phenoxy) is 1. The highest BCUT2D eigenvalue weighted by Crippen LogP contribution is 2.10. The van der Waals surface area contributed by atoms with Crippen LogP contribution in [0.5, 0.6) is 0 Å². The van der Waals surface area contributed by atoms with Crippen molar-refractivity contribution in [1.29, 1.82) is 0 Å². The number of hydrogen-bond donors (Lipinski definition) is 1. The Bertz CT molecular complexity index is 183. The number of nitrogens with zero attached hydrogens (tertiary/aromatic N) is 1. The number of nitrogens with one attached hydrogen (secondary N) is 1. The van der Waals surface area contributed by atoms with Gasteiger partial charge in [-0.05, 0) is 33.2 Å². The normalized spacial score (nSPS) is 23.2. The number of piperidine rings is 1. The molecule has 0 radical (unpaired) electrons. The molecule has 1 N–H and O–H groups in total. The van der Waals surface area contributed by atoms with E-state index in [0.717, 1.165) is 13.2 Å². The molecule has 0 spiro atoms. The summed E-state index contributed by atoms with van der Waals surface area (Å²) >= 11 is 0. The molecule has 0 amide bonds. The first-order valence-electron chi connectivity index (χ1n) is 6.68. The van der Waals surface area contributed by atoms with Crippen LogP contribution in [0.1, 0.15) is 40.5 Å². The van der Waals surface area contributed by atoms with E-state index in [2.05, 4.69) is 37.9 Å². The van der Waals surface area contributed by atoms with Crippen molar-refractivity contribution in [3.63, 3.8) is 0 Å². The Morgan fingerprint density at radius 3 is 2.69 bits per heavy atom. The zero-order chi connectivity index (χ0) is 12.0. The molecule has 1 aliphatic heterocycles. The Hall–Kier alpha value is -0.120. The Balaban J connectivity index is 2.17. The maximum Gasteiger partial charge on any atom is 0.0596 e. The van der Waals surface area contributed by atoms with Gasteiger partial charge in [-0.1, -0.05) is 13.8 Å². The van der Waals surface area contributed by atoms with E-state index in [4.69, 9.17) is 4.74 Å². The van der Waals surface area contributed by atoms with E-state index in [1.807, 2.05) is 0 Å². The first kappa shape index (κ1) is 13.9. The van der Waals surface area contributed by atoms with Crippen molar-refractivity contribution in [1.82, 2.24) is 10.2 Å². The molecule has 1 heterocycles. The van der Waals surface area contributed by atoms with Crippen LogP contribution in [0.25, 0.3) is 0 Å². The molecule has 96 valence electrons. The Morgan fingerprint density at radius 1 is 1.31 bits per heavy atom. The van der Waals surface area contributed by atoms with Gasteiger partial charge < -0.3 is 10.1 Å². The highest BCUT2D eigenvalue weighted by Gasteiger charge is 2.19. The average Bonchev–Trinajstić information content (AvgIpc) is 2.16. The summed E-state index contributed by atoms with van der Waals surface area (Å²) in [6, 6.07) is 1.27. The lowest BCUT2D eigenvalue weighted by Gasteiger charge is -2.34. The molecule has 0 aliphatic carbocycles. The van der Waals surface area contributed by atoms with Crippen molar-refractivity contribution < 1.29 is 4.74 Å². The van der Waals surface area contributed by atoms with Crippen LogP contribution < -0.4 is 5.32 Å². The van der Waals surface area contributed by atoms with Crippen molar-refractivity contribution >= 4 is 0 Å². The van der Waals surface area contributed by atoms with Gasteiger partial charge in [-0.15, -0.1) is 0 Å². The van der Waals surface area contributed by atoms with Crippen molar-refractivity contribution in [2.75, 3.05) is 26.2 Å². The molecule has 0 aromatic carbocycles. The van der Waals surface area contributed by atoms with E-state index in [0.29, 0.717) is 18.2 Å². The maximum absolute atomic E-state index is 5.60. The summed E-state index contributed by atoms with van der Waals surface area (Å²) in [6.45, 7) is 13.0. The molecule has 1 saturated heterocycles. The van der Waals surface area contributed by atoms with E-state index in [-0.39, 0.29) is 0 Å². The smallest absolute Gasteiger partial charge is 0.0596 e. The van der Waals surface area contributed by atoms with E-state index in [9.17, 15) is 0 Å². The fourth-order valence-electron chi connectivity index (χ4n) is 2.28. The summed E-state index contributed by atoms with van der Waals surface area (Å²) in [4.78, 5) is 2.52. The molecule has 1 atom stereocenters. The van der Waals surface area contributed by atoms with Gasteiger partial charge in [-0.25, -0.2) is 0 Å². The summed E-state index contributed by atoms with van der Waals surface area (Å²) in [5, 5.41) is 3.63. The van der Waals surface area contributed by atoms with Crippen LogP contribution in [0.15, 0.2) is 0 Å². The molecular formula is C13H28N2O. The predicted octanol–water partition coefficient (Wildman–Crippen LogP) is 1.87. The molecule has 16 heavy (non-hydrogen) atoms. The first-order chi connectivity index (χ1) is 7.58. The zero-order valence-corrected chi connectivity index (χ0v) is 11.3. The quantitative estimate of drug-likeness (QED) is 0.751. The number of hydrogen-bond acceptors (Lipinski definition) is 3. The van der Waals surface area contributed by atoms with Crippen molar-refractivity contribution in [2.45, 2.75) is 58.7 Å². The predicted molar refractivity (Wildman–Crippen MR) is 68.8 cm³/mol. The van der Waals surface area contributed by atoms with E-state index >= 15 is 0 Å². The lowest BCUT2D eigenvalue weighted by molar-refractivity contribution is 0.0511. The van der Waals surface area contributed by atoms with Crippen LogP contribution in [0.3, 0.4) is 0 Å². The second-order valence-corrected chi connectivity index (χ2v) is 5.38. The van der Waals surface area contributed by atoms with Crippen LogP contribution >= 0.6 is 0 Å². The largest absolute Gasteiger partial charge is 0.377 e. The van der Waals surface area contributed by atoms with Gasteiger partial charge in [0.15, 0.2) is 0 Å². The molecule has 0 saturated carbocycles. The van der Waals surface area contributed by atoms with Crippen LogP contribution in [0.2, 0.25) is 0 Å². The summed E-state index contributed by atoms with van der Waals surface area (Å²) in [7, 11) is 0. The fraction of sp³-hybridized carbons (Fsp3) is 1.00. The van der Waals surface area contributed by atoms with E-state index < -0.39 is 0 Å². The molecule has 0 aromatic heterocycles. The fourth-order valence-corrected chi connectivity index (χ4v) is 2.28. The standard InChI is InChI=1S/C13H28N2O/c1-11(2)14-13-6-5-7-15(10-13)8-9-16-12(3)4/h11-14H,5-10H2,1-4H3. The highest BCUT2D eigenvalue weighted by molar-refractivity contribution is 4.79. The van der Waals surface area contributed by atoms with Gasteiger partial charge >= 0.3 is 0 Å². The van der Waals surface area contributed by atoms with Crippen LogP contribution in [0.4, 0.5) is 0 Å². The van der Waals surface area contributed by atoms with Gasteiger partial charge in [-0.3, -0.25) is 4.90 Å². The van der Waals surface area contributed by atoms with Crippen LogP contribution in [-0.4, -0.2) is 49.3 Å². The molecule has 0 bridgehead atoms. The van der Waals surface area contributed by atoms with Crippen molar-refractivity contribution in [3.8, 4) is 0 Å². The maximum atomic E-state index is 5.60. The van der Waals surface area contributed by atoms with Crippen molar-refractivity contribution in [2.24, 2.45) is 0 Å². The summed E-state index contributed by atoms with van der Waals surface area (Å²) in [5.41, 5.74) is 0. The zero-order valence-electron chi connectivity index (χ0n) is 11.3. The molecular weight excluding hydrogens is 200 g/mol. The minimum Gasteiger partial charge on any atom is -0.377 e. The second kappa shape index (κ2) is 7.25. The molecule has 1 unspecified atom stereocenters. The van der Waals surface area contributed by atoms with Gasteiger partial charge in [0.2, 0.25) is 0 Å². The minimum absolute atomic E-state index is 0.356. The topological polar surface area (TPSA) is 24.5 Å². The molecule has 3 nitrogen and oxygen atoms in total. The summed E-state index contributed by atoms with van der Waals surface area (Å²) < 4.78 is 5.60. The third-order valence-corrected chi connectivity index (χ3v) is 2.93. The molecule has 1 fully saturated rings. The van der Waals surface area contributed by atoms with E-state index in [1.54, 1.807) is 0 Å². The minimum atomic E-state index is 0.356. The highest BCUT2D eigenvalue weighted by atomic mass is 16.5. The molecule has 1 aliphatic rings. The third kappa shape index (κ3) is 5.83. The Kier molecular flexibility index (Phi) is 6.32. The van der Waals surface area contributed by atoms with Gasteiger partial charge in [0, 0.05) is 25.2 Å². The van der Waals surface area contributed by atoms with Gasteiger partial charge in [0.1, 0.15) is 0 Å². The molecule has 1 rings (SSSR count). The lowest BCUT2D eigenvalue weighted by atomic mass is 10.1.